The third-order valence-electron chi connectivity index (χ3n) is 2.76. The van der Waals surface area contributed by atoms with Crippen molar-refractivity contribution in [3.8, 4) is 5.75 Å². The van der Waals surface area contributed by atoms with Crippen molar-refractivity contribution in [2.45, 2.75) is 20.5 Å². The van der Waals surface area contributed by atoms with Gasteiger partial charge in [-0.2, -0.15) is 8.78 Å². The van der Waals surface area contributed by atoms with Crippen LogP contribution in [0.25, 0.3) is 10.9 Å². The Labute approximate surface area is 123 Å². The molecule has 0 amide bonds. The van der Waals surface area contributed by atoms with E-state index in [-0.39, 0.29) is 17.5 Å². The monoisotopic (exact) mass is 343 g/mol. The van der Waals surface area contributed by atoms with Crippen LogP contribution < -0.4 is 4.74 Å². The predicted octanol–water partition coefficient (Wildman–Crippen LogP) is 4.44. The highest BCUT2D eigenvalue weighted by Gasteiger charge is 2.15. The van der Waals surface area contributed by atoms with Gasteiger partial charge in [-0.05, 0) is 40.2 Å². The Morgan fingerprint density at radius 2 is 1.95 bits per heavy atom. The van der Waals surface area contributed by atoms with Crippen molar-refractivity contribution >= 4 is 32.6 Å². The normalized spacial score (nSPS) is 11.3. The van der Waals surface area contributed by atoms with Crippen molar-refractivity contribution in [3.05, 3.63) is 34.4 Å². The van der Waals surface area contributed by atoms with Gasteiger partial charge >= 0.3 is 6.61 Å². The first-order chi connectivity index (χ1) is 9.40. The number of halogens is 3. The van der Waals surface area contributed by atoms with Crippen LogP contribution >= 0.6 is 15.9 Å². The van der Waals surface area contributed by atoms with Crippen molar-refractivity contribution in [1.29, 1.82) is 0 Å². The van der Waals surface area contributed by atoms with Crippen LogP contribution in [-0.4, -0.2) is 17.4 Å². The number of nitrogens with zero attached hydrogens (tertiary/aromatic N) is 1. The standard InChI is InChI=1S/C14H12BrF2NO2/c1-7(2)13(19)10-4-3-8-9(18-10)5-6-11(12(8)15)20-14(16)17/h3-7,14H,1-2H3. The van der Waals surface area contributed by atoms with Gasteiger partial charge in [-0.3, -0.25) is 4.79 Å². The van der Waals surface area contributed by atoms with Gasteiger partial charge in [0.05, 0.1) is 9.99 Å². The Hall–Kier alpha value is -1.56. The van der Waals surface area contributed by atoms with Crippen molar-refractivity contribution in [2.75, 3.05) is 0 Å². The summed E-state index contributed by atoms with van der Waals surface area (Å²) in [7, 11) is 0. The number of alkyl halides is 2. The highest BCUT2D eigenvalue weighted by molar-refractivity contribution is 9.10. The van der Waals surface area contributed by atoms with Crippen LogP contribution in [0, 0.1) is 5.92 Å². The summed E-state index contributed by atoms with van der Waals surface area (Å²) in [6.07, 6.45) is 0. The fourth-order valence-corrected chi connectivity index (χ4v) is 2.33. The molecule has 3 nitrogen and oxygen atoms in total. The first-order valence-electron chi connectivity index (χ1n) is 5.98. The van der Waals surface area contributed by atoms with Crippen LogP contribution in [0.1, 0.15) is 24.3 Å². The smallest absolute Gasteiger partial charge is 0.387 e. The molecule has 0 aliphatic carbocycles. The summed E-state index contributed by atoms with van der Waals surface area (Å²) in [6, 6.07) is 6.20. The van der Waals surface area contributed by atoms with E-state index >= 15 is 0 Å². The van der Waals surface area contributed by atoms with Gasteiger partial charge in [0.15, 0.2) is 5.78 Å². The van der Waals surface area contributed by atoms with Crippen LogP contribution in [0.5, 0.6) is 5.75 Å². The first-order valence-corrected chi connectivity index (χ1v) is 6.77. The second-order valence-corrected chi connectivity index (χ2v) is 5.33. The minimum atomic E-state index is -2.89. The lowest BCUT2D eigenvalue weighted by atomic mass is 10.0. The molecule has 0 N–H and O–H groups in total. The van der Waals surface area contributed by atoms with Crippen LogP contribution in [0.3, 0.4) is 0 Å². The van der Waals surface area contributed by atoms with E-state index < -0.39 is 6.61 Å². The summed E-state index contributed by atoms with van der Waals surface area (Å²) in [5.41, 5.74) is 0.909. The summed E-state index contributed by atoms with van der Waals surface area (Å²) < 4.78 is 29.3. The fraction of sp³-hybridized carbons (Fsp3) is 0.286. The summed E-state index contributed by atoms with van der Waals surface area (Å²) in [5, 5.41) is 0.614. The van der Waals surface area contributed by atoms with Gasteiger partial charge in [0.25, 0.3) is 0 Å². The SMILES string of the molecule is CC(C)C(=O)c1ccc2c(Br)c(OC(F)F)ccc2n1. The molecule has 0 saturated carbocycles. The van der Waals surface area contributed by atoms with Crippen LogP contribution in [0.2, 0.25) is 0 Å². The maximum Gasteiger partial charge on any atom is 0.387 e. The van der Waals surface area contributed by atoms with E-state index in [2.05, 4.69) is 25.7 Å². The molecule has 2 aromatic rings. The number of ether oxygens (including phenoxy) is 1. The molecule has 0 atom stereocenters. The van der Waals surface area contributed by atoms with Gasteiger partial charge in [0, 0.05) is 11.3 Å². The maximum atomic E-state index is 12.3. The number of benzene rings is 1. The number of aromatic nitrogens is 1. The number of rotatable bonds is 4. The minimum Gasteiger partial charge on any atom is -0.434 e. The molecule has 0 saturated heterocycles. The number of hydrogen-bond donors (Lipinski definition) is 0. The molecule has 106 valence electrons. The van der Waals surface area contributed by atoms with Crippen molar-refractivity contribution in [2.24, 2.45) is 5.92 Å². The highest BCUT2D eigenvalue weighted by atomic mass is 79.9. The van der Waals surface area contributed by atoms with Crippen LogP contribution in [-0.2, 0) is 0 Å². The van der Waals surface area contributed by atoms with E-state index in [1.165, 1.54) is 6.07 Å². The lowest BCUT2D eigenvalue weighted by Crippen LogP contribution is -2.09. The maximum absolute atomic E-state index is 12.3. The molecule has 0 fully saturated rings. The second-order valence-electron chi connectivity index (χ2n) is 4.54. The summed E-state index contributed by atoms with van der Waals surface area (Å²) >= 11 is 3.22. The van der Waals surface area contributed by atoms with E-state index in [1.807, 2.05) is 0 Å². The molecule has 1 aromatic carbocycles. The number of hydrogen-bond acceptors (Lipinski definition) is 3. The molecule has 0 unspecified atom stereocenters. The topological polar surface area (TPSA) is 39.2 Å². The third kappa shape index (κ3) is 2.95. The Kier molecular flexibility index (Phi) is 4.32. The molecule has 1 aromatic heterocycles. The molecule has 0 radical (unpaired) electrons. The number of Topliss-reactive ketones (excluding diaryl/α,β-unsaturated/α-hetero) is 1. The average molecular weight is 344 g/mol. The molecule has 0 bridgehead atoms. The van der Waals surface area contributed by atoms with Gasteiger partial charge in [-0.1, -0.05) is 13.8 Å². The summed E-state index contributed by atoms with van der Waals surface area (Å²) in [4.78, 5) is 16.1. The molecule has 6 heteroatoms. The second kappa shape index (κ2) is 5.83. The average Bonchev–Trinajstić information content (AvgIpc) is 2.40. The van der Waals surface area contributed by atoms with E-state index in [0.29, 0.717) is 21.1 Å². The minimum absolute atomic E-state index is 0.0391. The van der Waals surface area contributed by atoms with Gasteiger partial charge in [-0.15, -0.1) is 0 Å². The van der Waals surface area contributed by atoms with Crippen molar-refractivity contribution < 1.29 is 18.3 Å². The van der Waals surface area contributed by atoms with E-state index in [1.54, 1.807) is 32.0 Å². The largest absolute Gasteiger partial charge is 0.434 e. The lowest BCUT2D eigenvalue weighted by Gasteiger charge is -2.10. The summed E-state index contributed by atoms with van der Waals surface area (Å²) in [5.74, 6) is -0.169. The summed E-state index contributed by atoms with van der Waals surface area (Å²) in [6.45, 7) is 0.700. The number of ketones is 1. The van der Waals surface area contributed by atoms with Gasteiger partial charge in [0.2, 0.25) is 0 Å². The molecule has 0 aliphatic rings. The number of pyridine rings is 1. The van der Waals surface area contributed by atoms with E-state index in [0.717, 1.165) is 0 Å². The molecular weight excluding hydrogens is 332 g/mol. The van der Waals surface area contributed by atoms with Crippen molar-refractivity contribution in [3.63, 3.8) is 0 Å². The zero-order valence-corrected chi connectivity index (χ0v) is 12.4. The molecule has 0 aliphatic heterocycles. The predicted molar refractivity (Wildman–Crippen MR) is 75.2 cm³/mol. The molecule has 20 heavy (non-hydrogen) atoms. The molecular formula is C14H12BrF2NO2. The van der Waals surface area contributed by atoms with Gasteiger partial charge in [-0.25, -0.2) is 4.98 Å². The van der Waals surface area contributed by atoms with E-state index in [4.69, 9.17) is 0 Å². The Morgan fingerprint density at radius 1 is 1.25 bits per heavy atom. The van der Waals surface area contributed by atoms with Crippen molar-refractivity contribution in [1.82, 2.24) is 4.98 Å². The highest BCUT2D eigenvalue weighted by Crippen LogP contribution is 2.33. The quantitative estimate of drug-likeness (QED) is 0.770. The van der Waals surface area contributed by atoms with Gasteiger partial charge in [0.1, 0.15) is 11.4 Å². The first kappa shape index (κ1) is 14.8. The Morgan fingerprint density at radius 3 is 2.55 bits per heavy atom. The van der Waals surface area contributed by atoms with Crippen LogP contribution in [0.15, 0.2) is 28.7 Å². The fourth-order valence-electron chi connectivity index (χ4n) is 1.77. The van der Waals surface area contributed by atoms with Crippen LogP contribution in [0.4, 0.5) is 8.78 Å². The zero-order chi connectivity index (χ0) is 14.9. The van der Waals surface area contributed by atoms with Gasteiger partial charge < -0.3 is 4.74 Å². The Bertz CT molecular complexity index is 659. The third-order valence-corrected chi connectivity index (χ3v) is 3.58. The lowest BCUT2D eigenvalue weighted by molar-refractivity contribution is -0.0502. The van der Waals surface area contributed by atoms with E-state index in [9.17, 15) is 13.6 Å². The Balaban J connectivity index is 2.49. The number of fused-ring (bicyclic) bond motifs is 1. The molecule has 1 heterocycles. The molecule has 2 rings (SSSR count). The zero-order valence-electron chi connectivity index (χ0n) is 10.9. The number of carbonyl (C=O) groups excluding carboxylic acids is 1. The number of carbonyl (C=O) groups is 1. The molecule has 0 spiro atoms.